The molecule has 0 unspecified atom stereocenters. The van der Waals surface area contributed by atoms with Gasteiger partial charge in [0, 0.05) is 5.69 Å². The van der Waals surface area contributed by atoms with Gasteiger partial charge in [-0.1, -0.05) is 19.1 Å². The number of aromatic nitrogens is 2. The molecule has 2 aromatic rings. The summed E-state index contributed by atoms with van der Waals surface area (Å²) in [7, 11) is 1.63. The number of aryl methyl sites for hydroxylation is 1. The Balaban J connectivity index is 2.19. The van der Waals surface area contributed by atoms with E-state index in [4.69, 9.17) is 4.74 Å². The van der Waals surface area contributed by atoms with Crippen LogP contribution in [0.4, 0.5) is 0 Å². The van der Waals surface area contributed by atoms with Crippen LogP contribution in [-0.4, -0.2) is 22.8 Å². The number of carbonyl (C=O) groups is 1. The smallest absolute Gasteiger partial charge is 0.251 e. The molecule has 0 saturated carbocycles. The lowest BCUT2D eigenvalue weighted by molar-refractivity contribution is 0.0895. The molecule has 20 heavy (non-hydrogen) atoms. The number of hydrogen-bond donors (Lipinski definition) is 0. The summed E-state index contributed by atoms with van der Waals surface area (Å²) in [5, 5.41) is 4.35. The van der Waals surface area contributed by atoms with Crippen molar-refractivity contribution >= 4 is 5.91 Å². The van der Waals surface area contributed by atoms with E-state index in [-0.39, 0.29) is 5.91 Å². The van der Waals surface area contributed by atoms with E-state index in [2.05, 4.69) is 12.0 Å². The van der Waals surface area contributed by atoms with Gasteiger partial charge >= 0.3 is 0 Å². The first-order valence-electron chi connectivity index (χ1n) is 6.78. The fourth-order valence-corrected chi connectivity index (χ4v) is 2.42. The first-order valence-corrected chi connectivity index (χ1v) is 6.78. The van der Waals surface area contributed by atoms with E-state index in [0.717, 1.165) is 34.7 Å². The largest absolute Gasteiger partial charge is 0.497 e. The Morgan fingerprint density at radius 2 is 1.90 bits per heavy atom. The quantitative estimate of drug-likeness (QED) is 0.859. The molecule has 0 bridgehead atoms. The third kappa shape index (κ3) is 2.74. The van der Waals surface area contributed by atoms with Crippen molar-refractivity contribution in [1.82, 2.24) is 9.78 Å². The highest BCUT2D eigenvalue weighted by molar-refractivity contribution is 5.81. The Kier molecular flexibility index (Phi) is 4.23. The van der Waals surface area contributed by atoms with Crippen molar-refractivity contribution < 1.29 is 9.53 Å². The van der Waals surface area contributed by atoms with E-state index in [1.165, 1.54) is 4.68 Å². The van der Waals surface area contributed by atoms with E-state index < -0.39 is 0 Å². The monoisotopic (exact) mass is 272 g/mol. The van der Waals surface area contributed by atoms with E-state index in [1.807, 2.05) is 38.1 Å². The predicted octanol–water partition coefficient (Wildman–Crippen LogP) is 2.95. The topological polar surface area (TPSA) is 44.1 Å². The van der Waals surface area contributed by atoms with Crippen molar-refractivity contribution in [1.29, 1.82) is 0 Å². The zero-order chi connectivity index (χ0) is 14.7. The van der Waals surface area contributed by atoms with Gasteiger partial charge in [-0.05, 0) is 43.5 Å². The molecule has 106 valence electrons. The highest BCUT2D eigenvalue weighted by atomic mass is 16.5. The Hall–Kier alpha value is -2.10. The van der Waals surface area contributed by atoms with Crippen molar-refractivity contribution in [2.45, 2.75) is 33.6 Å². The minimum Gasteiger partial charge on any atom is -0.497 e. The molecule has 0 aliphatic rings. The van der Waals surface area contributed by atoms with Crippen LogP contribution in [0.1, 0.15) is 34.2 Å². The summed E-state index contributed by atoms with van der Waals surface area (Å²) >= 11 is 0. The Bertz CT molecular complexity index is 612. The number of ether oxygens (including phenoxy) is 1. The molecule has 0 fully saturated rings. The zero-order valence-electron chi connectivity index (χ0n) is 12.4. The number of benzene rings is 1. The Labute approximate surface area is 119 Å². The number of rotatable bonds is 4. The summed E-state index contributed by atoms with van der Waals surface area (Å²) in [4.78, 5) is 12.3. The summed E-state index contributed by atoms with van der Waals surface area (Å²) < 4.78 is 6.64. The third-order valence-electron chi connectivity index (χ3n) is 3.55. The maximum Gasteiger partial charge on any atom is 0.251 e. The lowest BCUT2D eigenvalue weighted by Gasteiger charge is -2.05. The van der Waals surface area contributed by atoms with Gasteiger partial charge in [0.2, 0.25) is 0 Å². The Morgan fingerprint density at radius 1 is 1.25 bits per heavy atom. The number of nitrogens with zero attached hydrogens (tertiary/aromatic N) is 2. The fourth-order valence-electron chi connectivity index (χ4n) is 2.42. The Morgan fingerprint density at radius 3 is 2.40 bits per heavy atom. The molecule has 4 heteroatoms. The average molecular weight is 272 g/mol. The fraction of sp³-hybridized carbons (Fsp3) is 0.375. The maximum absolute atomic E-state index is 12.3. The third-order valence-corrected chi connectivity index (χ3v) is 3.55. The molecule has 1 aromatic carbocycles. The molecule has 1 aromatic heterocycles. The van der Waals surface area contributed by atoms with Crippen LogP contribution in [0, 0.1) is 13.8 Å². The van der Waals surface area contributed by atoms with Crippen LogP contribution in [0.3, 0.4) is 0 Å². The van der Waals surface area contributed by atoms with E-state index >= 15 is 0 Å². The molecule has 0 amide bonds. The molecule has 4 nitrogen and oxygen atoms in total. The number of carbonyl (C=O) groups excluding carboxylic acids is 1. The summed E-state index contributed by atoms with van der Waals surface area (Å²) in [5.74, 6) is 0.788. The van der Waals surface area contributed by atoms with Crippen LogP contribution < -0.4 is 4.74 Å². The van der Waals surface area contributed by atoms with Crippen molar-refractivity contribution in [3.63, 3.8) is 0 Å². The summed E-state index contributed by atoms with van der Waals surface area (Å²) in [6, 6.07) is 7.54. The molecule has 1 heterocycles. The lowest BCUT2D eigenvalue weighted by atomic mass is 10.1. The number of hydrogen-bond acceptors (Lipinski definition) is 3. The zero-order valence-corrected chi connectivity index (χ0v) is 12.4. The minimum absolute atomic E-state index is 0.00420. The van der Waals surface area contributed by atoms with Crippen LogP contribution in [0.5, 0.6) is 5.75 Å². The first kappa shape index (κ1) is 14.3. The van der Waals surface area contributed by atoms with Crippen molar-refractivity contribution in [3.8, 4) is 5.75 Å². The molecule has 0 aliphatic carbocycles. The normalized spacial score (nSPS) is 10.6. The molecule has 0 atom stereocenters. The van der Waals surface area contributed by atoms with E-state index in [1.54, 1.807) is 7.11 Å². The second-order valence-electron chi connectivity index (χ2n) is 4.83. The lowest BCUT2D eigenvalue weighted by Crippen LogP contribution is -2.16. The van der Waals surface area contributed by atoms with Gasteiger partial charge in [0.25, 0.3) is 5.91 Å². The van der Waals surface area contributed by atoms with Crippen molar-refractivity contribution in [3.05, 3.63) is 46.8 Å². The van der Waals surface area contributed by atoms with Gasteiger partial charge in [-0.3, -0.25) is 4.79 Å². The van der Waals surface area contributed by atoms with Crippen LogP contribution in [0.25, 0.3) is 0 Å². The SMILES string of the molecule is CCc1c(C)nn(C(=O)Cc2ccc(OC)cc2)c1C. The van der Waals surface area contributed by atoms with Gasteiger partial charge in [-0.15, -0.1) is 0 Å². The second kappa shape index (κ2) is 5.90. The minimum atomic E-state index is -0.00420. The molecule has 0 saturated heterocycles. The highest BCUT2D eigenvalue weighted by Gasteiger charge is 2.15. The van der Waals surface area contributed by atoms with Crippen molar-refractivity contribution in [2.24, 2.45) is 0 Å². The van der Waals surface area contributed by atoms with Gasteiger partial charge in [-0.25, -0.2) is 4.68 Å². The molecule has 0 N–H and O–H groups in total. The van der Waals surface area contributed by atoms with Crippen LogP contribution in [0.2, 0.25) is 0 Å². The highest BCUT2D eigenvalue weighted by Crippen LogP contribution is 2.16. The first-order chi connectivity index (χ1) is 9.56. The standard InChI is InChI=1S/C16H20N2O2/c1-5-15-11(2)17-18(12(15)3)16(19)10-13-6-8-14(20-4)9-7-13/h6-9H,5,10H2,1-4H3. The maximum atomic E-state index is 12.3. The summed E-state index contributed by atoms with van der Waals surface area (Å²) in [6.07, 6.45) is 1.24. The summed E-state index contributed by atoms with van der Waals surface area (Å²) in [5.41, 5.74) is 4.01. The van der Waals surface area contributed by atoms with Gasteiger partial charge in [0.15, 0.2) is 0 Å². The van der Waals surface area contributed by atoms with Crippen molar-refractivity contribution in [2.75, 3.05) is 7.11 Å². The molecule has 2 rings (SSSR count). The second-order valence-corrected chi connectivity index (χ2v) is 4.83. The van der Waals surface area contributed by atoms with E-state index in [9.17, 15) is 4.79 Å². The number of methoxy groups -OCH3 is 1. The van der Waals surface area contributed by atoms with Gasteiger partial charge in [0.05, 0.1) is 19.2 Å². The summed E-state index contributed by atoms with van der Waals surface area (Å²) in [6.45, 7) is 5.98. The van der Waals surface area contributed by atoms with Crippen LogP contribution in [0.15, 0.2) is 24.3 Å². The van der Waals surface area contributed by atoms with Gasteiger partial charge in [-0.2, -0.15) is 5.10 Å². The predicted molar refractivity (Wildman–Crippen MR) is 78.4 cm³/mol. The van der Waals surface area contributed by atoms with Crippen LogP contribution in [-0.2, 0) is 12.8 Å². The van der Waals surface area contributed by atoms with Gasteiger partial charge in [0.1, 0.15) is 5.75 Å². The van der Waals surface area contributed by atoms with Gasteiger partial charge < -0.3 is 4.74 Å². The molecular formula is C16H20N2O2. The van der Waals surface area contributed by atoms with Crippen LogP contribution >= 0.6 is 0 Å². The molecule has 0 radical (unpaired) electrons. The molecule has 0 aliphatic heterocycles. The molecular weight excluding hydrogens is 252 g/mol. The average Bonchev–Trinajstić information content (AvgIpc) is 2.74. The molecule has 0 spiro atoms. The van der Waals surface area contributed by atoms with E-state index in [0.29, 0.717) is 6.42 Å².